The van der Waals surface area contributed by atoms with E-state index in [1.54, 1.807) is 0 Å². The molecule has 0 aliphatic heterocycles. The first kappa shape index (κ1) is 11.5. The van der Waals surface area contributed by atoms with Crippen molar-refractivity contribution < 1.29 is 15.0 Å². The SMILES string of the molecule is CC12CCCC(C)(CC1)C2O.O=CO. The molecule has 0 heterocycles. The second-order valence-corrected chi connectivity index (χ2v) is 5.17. The topological polar surface area (TPSA) is 57.5 Å². The van der Waals surface area contributed by atoms with Crippen molar-refractivity contribution in [2.75, 3.05) is 0 Å². The molecule has 14 heavy (non-hydrogen) atoms. The van der Waals surface area contributed by atoms with Gasteiger partial charge in [0.1, 0.15) is 0 Å². The van der Waals surface area contributed by atoms with Crippen molar-refractivity contribution in [3.8, 4) is 0 Å². The summed E-state index contributed by atoms with van der Waals surface area (Å²) in [5, 5.41) is 16.9. The number of fused-ring (bicyclic) bond motifs is 2. The van der Waals surface area contributed by atoms with Crippen molar-refractivity contribution in [1.82, 2.24) is 0 Å². The second kappa shape index (κ2) is 3.89. The third kappa shape index (κ3) is 1.78. The maximum absolute atomic E-state index is 10.0. The first-order chi connectivity index (χ1) is 6.48. The fourth-order valence-electron chi connectivity index (χ4n) is 3.11. The van der Waals surface area contributed by atoms with Crippen LogP contribution in [0.15, 0.2) is 0 Å². The van der Waals surface area contributed by atoms with Crippen molar-refractivity contribution in [3.63, 3.8) is 0 Å². The van der Waals surface area contributed by atoms with Crippen LogP contribution in [0, 0.1) is 10.8 Å². The third-order valence-electron chi connectivity index (χ3n) is 4.08. The zero-order valence-corrected chi connectivity index (χ0v) is 8.99. The van der Waals surface area contributed by atoms with E-state index in [-0.39, 0.29) is 23.4 Å². The quantitative estimate of drug-likeness (QED) is 0.588. The van der Waals surface area contributed by atoms with Gasteiger partial charge in [0.05, 0.1) is 6.10 Å². The lowest BCUT2D eigenvalue weighted by Crippen LogP contribution is -2.40. The minimum Gasteiger partial charge on any atom is -0.483 e. The number of hydrogen-bond donors (Lipinski definition) is 2. The number of carboxylic acid groups (broad SMARTS) is 1. The van der Waals surface area contributed by atoms with Crippen molar-refractivity contribution in [3.05, 3.63) is 0 Å². The van der Waals surface area contributed by atoms with Gasteiger partial charge in [-0.2, -0.15) is 0 Å². The smallest absolute Gasteiger partial charge is 0.290 e. The standard InChI is InChI=1S/C10H18O.CH2O2/c1-9-4-3-5-10(2,7-6-9)8(9)11;2-1-3/h8,11H,3-7H2,1-2H3;1H,(H,2,3). The number of aliphatic hydroxyl groups excluding tert-OH is 1. The Kier molecular flexibility index (Phi) is 3.20. The van der Waals surface area contributed by atoms with Crippen LogP contribution in [0.3, 0.4) is 0 Å². The van der Waals surface area contributed by atoms with E-state index >= 15 is 0 Å². The summed E-state index contributed by atoms with van der Waals surface area (Å²) in [4.78, 5) is 8.36. The van der Waals surface area contributed by atoms with Gasteiger partial charge in [-0.05, 0) is 36.5 Å². The van der Waals surface area contributed by atoms with E-state index in [0.29, 0.717) is 0 Å². The molecule has 0 spiro atoms. The fraction of sp³-hybridized carbons (Fsp3) is 0.909. The Hall–Kier alpha value is -0.570. The number of aliphatic hydroxyl groups is 1. The van der Waals surface area contributed by atoms with Crippen LogP contribution in [-0.2, 0) is 4.79 Å². The highest BCUT2D eigenvalue weighted by Gasteiger charge is 2.53. The van der Waals surface area contributed by atoms with Gasteiger partial charge >= 0.3 is 0 Å². The maximum Gasteiger partial charge on any atom is 0.290 e. The lowest BCUT2D eigenvalue weighted by Gasteiger charge is -2.40. The number of carbonyl (C=O) groups is 1. The lowest BCUT2D eigenvalue weighted by atomic mass is 9.68. The molecule has 0 aromatic heterocycles. The molecule has 82 valence electrons. The van der Waals surface area contributed by atoms with Gasteiger partial charge in [0.2, 0.25) is 0 Å². The van der Waals surface area contributed by atoms with E-state index in [9.17, 15) is 5.11 Å². The lowest BCUT2D eigenvalue weighted by molar-refractivity contribution is -0.122. The fourth-order valence-corrected chi connectivity index (χ4v) is 3.11. The molecule has 0 saturated heterocycles. The Morgan fingerprint density at radius 2 is 1.50 bits per heavy atom. The number of rotatable bonds is 0. The zero-order valence-electron chi connectivity index (χ0n) is 8.99. The van der Waals surface area contributed by atoms with E-state index in [4.69, 9.17) is 9.90 Å². The highest BCUT2D eigenvalue weighted by molar-refractivity contribution is 5.32. The van der Waals surface area contributed by atoms with Gasteiger partial charge in [-0.3, -0.25) is 4.79 Å². The van der Waals surface area contributed by atoms with Crippen LogP contribution in [0.1, 0.15) is 46.0 Å². The molecule has 3 nitrogen and oxygen atoms in total. The molecule has 2 saturated carbocycles. The highest BCUT2D eigenvalue weighted by atomic mass is 16.3. The van der Waals surface area contributed by atoms with E-state index < -0.39 is 0 Å². The molecule has 2 rings (SSSR count). The monoisotopic (exact) mass is 200 g/mol. The van der Waals surface area contributed by atoms with Crippen molar-refractivity contribution in [1.29, 1.82) is 0 Å². The molecule has 0 radical (unpaired) electrons. The Morgan fingerprint density at radius 3 is 1.79 bits per heavy atom. The van der Waals surface area contributed by atoms with Crippen LogP contribution in [0.2, 0.25) is 0 Å². The average molecular weight is 200 g/mol. The molecule has 2 aliphatic rings. The van der Waals surface area contributed by atoms with Crippen LogP contribution < -0.4 is 0 Å². The number of hydrogen-bond acceptors (Lipinski definition) is 2. The summed E-state index contributed by atoms with van der Waals surface area (Å²) in [7, 11) is 0. The largest absolute Gasteiger partial charge is 0.483 e. The first-order valence-corrected chi connectivity index (χ1v) is 5.24. The molecule has 2 fully saturated rings. The zero-order chi connectivity index (χ0) is 10.8. The molecule has 0 aromatic carbocycles. The summed E-state index contributed by atoms with van der Waals surface area (Å²) in [6.45, 7) is 4.25. The van der Waals surface area contributed by atoms with Crippen molar-refractivity contribution >= 4 is 6.47 Å². The summed E-state index contributed by atoms with van der Waals surface area (Å²) in [5.41, 5.74) is 0.542. The molecule has 0 aromatic rings. The second-order valence-electron chi connectivity index (χ2n) is 5.17. The van der Waals surface area contributed by atoms with E-state index in [1.807, 2.05) is 0 Å². The highest BCUT2D eigenvalue weighted by Crippen LogP contribution is 2.57. The van der Waals surface area contributed by atoms with Crippen molar-refractivity contribution in [2.45, 2.75) is 52.1 Å². The molecule has 2 bridgehead atoms. The van der Waals surface area contributed by atoms with Gasteiger partial charge in [-0.15, -0.1) is 0 Å². The van der Waals surface area contributed by atoms with Crippen LogP contribution >= 0.6 is 0 Å². The molecule has 2 N–H and O–H groups in total. The Bertz CT molecular complexity index is 199. The normalized spacial score (nSPS) is 45.2. The molecular weight excluding hydrogens is 180 g/mol. The summed E-state index contributed by atoms with van der Waals surface area (Å²) >= 11 is 0. The molecule has 2 aliphatic carbocycles. The van der Waals surface area contributed by atoms with E-state index in [1.165, 1.54) is 32.1 Å². The summed E-state index contributed by atoms with van der Waals surface area (Å²) in [6.07, 6.45) is 6.26. The van der Waals surface area contributed by atoms with Gasteiger partial charge < -0.3 is 10.2 Å². The van der Waals surface area contributed by atoms with Crippen LogP contribution in [0.25, 0.3) is 0 Å². The van der Waals surface area contributed by atoms with Crippen molar-refractivity contribution in [2.24, 2.45) is 10.8 Å². The third-order valence-corrected chi connectivity index (χ3v) is 4.08. The minimum atomic E-state index is -0.250. The Morgan fingerprint density at radius 1 is 1.14 bits per heavy atom. The van der Waals surface area contributed by atoms with Gasteiger partial charge in [0.25, 0.3) is 6.47 Å². The van der Waals surface area contributed by atoms with Gasteiger partial charge in [-0.1, -0.05) is 20.3 Å². The van der Waals surface area contributed by atoms with Crippen LogP contribution in [0.4, 0.5) is 0 Å². The van der Waals surface area contributed by atoms with E-state index in [2.05, 4.69) is 13.8 Å². The van der Waals surface area contributed by atoms with E-state index in [0.717, 1.165) is 0 Å². The van der Waals surface area contributed by atoms with Crippen LogP contribution in [0.5, 0.6) is 0 Å². The predicted molar refractivity (Wildman–Crippen MR) is 54.0 cm³/mol. The van der Waals surface area contributed by atoms with Crippen LogP contribution in [-0.4, -0.2) is 22.8 Å². The molecule has 2 unspecified atom stereocenters. The predicted octanol–water partition coefficient (Wildman–Crippen LogP) is 2.04. The Balaban J connectivity index is 0.000000293. The van der Waals surface area contributed by atoms with Gasteiger partial charge in [-0.25, -0.2) is 0 Å². The molecule has 3 heteroatoms. The Labute approximate surface area is 85.1 Å². The first-order valence-electron chi connectivity index (χ1n) is 5.24. The average Bonchev–Trinajstić information content (AvgIpc) is 2.30. The maximum atomic E-state index is 10.0. The summed E-state index contributed by atoms with van der Waals surface area (Å²) in [6, 6.07) is 0. The molecular formula is C11H20O3. The molecule has 0 amide bonds. The van der Waals surface area contributed by atoms with Gasteiger partial charge in [0, 0.05) is 0 Å². The van der Waals surface area contributed by atoms with Gasteiger partial charge in [0.15, 0.2) is 0 Å². The summed E-state index contributed by atoms with van der Waals surface area (Å²) in [5.74, 6) is 0. The summed E-state index contributed by atoms with van der Waals surface area (Å²) < 4.78 is 0. The molecule has 2 atom stereocenters. The minimum absolute atomic E-state index is 0.0243.